The fourth-order valence-corrected chi connectivity index (χ4v) is 2.80. The van der Waals surface area contributed by atoms with Gasteiger partial charge in [0.1, 0.15) is 0 Å². The Morgan fingerprint density at radius 1 is 1.17 bits per heavy atom. The molecule has 0 saturated carbocycles. The van der Waals surface area contributed by atoms with E-state index in [1.807, 2.05) is 13.8 Å². The molecule has 0 amide bonds. The van der Waals surface area contributed by atoms with E-state index in [0.717, 1.165) is 25.4 Å². The third kappa shape index (κ3) is 4.95. The Labute approximate surface area is 76.1 Å². The molecule has 0 aromatic rings. The fraction of sp³-hybridized carbons (Fsp3) is 1.00. The Morgan fingerprint density at radius 2 is 1.83 bits per heavy atom. The lowest BCUT2D eigenvalue weighted by Crippen LogP contribution is -1.98. The second-order valence-corrected chi connectivity index (χ2v) is 6.01. The maximum Gasteiger partial charge on any atom is 0.202 e. The van der Waals surface area contributed by atoms with E-state index >= 15 is 0 Å². The van der Waals surface area contributed by atoms with Gasteiger partial charge in [0.2, 0.25) is 7.37 Å². The molecular weight excluding hydrogens is 171 g/mol. The van der Waals surface area contributed by atoms with Gasteiger partial charge in [0.25, 0.3) is 0 Å². The minimum absolute atomic E-state index is 0.668. The summed E-state index contributed by atoms with van der Waals surface area (Å²) in [6, 6.07) is 0. The summed E-state index contributed by atoms with van der Waals surface area (Å²) in [5.74, 6) is 0. The minimum Gasteiger partial charge on any atom is -0.328 e. The highest BCUT2D eigenvalue weighted by molar-refractivity contribution is 7.58. The number of unbranched alkanes of at least 4 members (excludes halogenated alkanes) is 1. The van der Waals surface area contributed by atoms with E-state index in [4.69, 9.17) is 4.52 Å². The van der Waals surface area contributed by atoms with E-state index in [2.05, 4.69) is 6.92 Å². The summed E-state index contributed by atoms with van der Waals surface area (Å²) < 4.78 is 17.2. The summed E-state index contributed by atoms with van der Waals surface area (Å²) in [6.07, 6.45) is 4.51. The molecule has 1 atom stereocenters. The highest BCUT2D eigenvalue weighted by Crippen LogP contribution is 2.46. The van der Waals surface area contributed by atoms with E-state index in [9.17, 15) is 4.57 Å². The van der Waals surface area contributed by atoms with Crippen molar-refractivity contribution in [3.8, 4) is 0 Å². The Bertz CT molecular complexity index is 145. The topological polar surface area (TPSA) is 26.3 Å². The zero-order valence-corrected chi connectivity index (χ0v) is 9.40. The van der Waals surface area contributed by atoms with Crippen LogP contribution in [0.5, 0.6) is 0 Å². The molecule has 0 aliphatic heterocycles. The van der Waals surface area contributed by atoms with Crippen molar-refractivity contribution >= 4 is 7.37 Å². The van der Waals surface area contributed by atoms with E-state index in [1.165, 1.54) is 0 Å². The van der Waals surface area contributed by atoms with Crippen LogP contribution in [0.25, 0.3) is 0 Å². The molecule has 0 heterocycles. The third-order valence-corrected chi connectivity index (χ3v) is 4.62. The molecule has 0 fully saturated rings. The Morgan fingerprint density at radius 3 is 2.25 bits per heavy atom. The van der Waals surface area contributed by atoms with Gasteiger partial charge in [-0.3, -0.25) is 4.57 Å². The first-order valence-corrected chi connectivity index (χ1v) is 6.90. The standard InChI is InChI=1S/C9H21O2P/c1-4-7-8-11-12(10,6-3)9-5-2/h4-9H2,1-3H3. The van der Waals surface area contributed by atoms with Crippen LogP contribution in [-0.4, -0.2) is 18.9 Å². The zero-order valence-electron chi connectivity index (χ0n) is 8.51. The van der Waals surface area contributed by atoms with E-state index in [0.29, 0.717) is 12.8 Å². The number of rotatable bonds is 7. The number of hydrogen-bond donors (Lipinski definition) is 0. The molecule has 3 heteroatoms. The normalized spacial score (nSPS) is 15.9. The predicted molar refractivity (Wildman–Crippen MR) is 54.2 cm³/mol. The van der Waals surface area contributed by atoms with Gasteiger partial charge in [-0.05, 0) is 12.8 Å². The maximum atomic E-state index is 11.8. The molecule has 12 heavy (non-hydrogen) atoms. The van der Waals surface area contributed by atoms with Crippen molar-refractivity contribution in [1.82, 2.24) is 0 Å². The van der Waals surface area contributed by atoms with Crippen molar-refractivity contribution in [3.63, 3.8) is 0 Å². The fourth-order valence-electron chi connectivity index (χ4n) is 1.03. The van der Waals surface area contributed by atoms with Gasteiger partial charge in [-0.2, -0.15) is 0 Å². The summed E-state index contributed by atoms with van der Waals surface area (Å²) in [7, 11) is -2.23. The summed E-state index contributed by atoms with van der Waals surface area (Å²) in [6.45, 7) is 6.77. The van der Waals surface area contributed by atoms with Crippen LogP contribution in [0.2, 0.25) is 0 Å². The van der Waals surface area contributed by atoms with Crippen molar-refractivity contribution in [2.75, 3.05) is 18.9 Å². The highest BCUT2D eigenvalue weighted by Gasteiger charge is 2.18. The minimum atomic E-state index is -2.23. The molecule has 0 radical (unpaired) electrons. The van der Waals surface area contributed by atoms with Crippen molar-refractivity contribution in [2.45, 2.75) is 40.0 Å². The number of hydrogen-bond acceptors (Lipinski definition) is 2. The molecule has 0 aromatic carbocycles. The SMILES string of the molecule is CCCCOP(=O)(CC)CCC. The van der Waals surface area contributed by atoms with Crippen molar-refractivity contribution in [1.29, 1.82) is 0 Å². The molecule has 0 rings (SSSR count). The second kappa shape index (κ2) is 6.68. The van der Waals surface area contributed by atoms with Gasteiger partial charge in [-0.1, -0.05) is 27.2 Å². The predicted octanol–water partition coefficient (Wildman–Crippen LogP) is 3.51. The lowest BCUT2D eigenvalue weighted by Gasteiger charge is -2.15. The Hall–Kier alpha value is 0.190. The van der Waals surface area contributed by atoms with Crippen molar-refractivity contribution < 1.29 is 9.09 Å². The molecule has 0 aliphatic carbocycles. The molecule has 0 aliphatic rings. The van der Waals surface area contributed by atoms with Gasteiger partial charge in [-0.15, -0.1) is 0 Å². The van der Waals surface area contributed by atoms with Crippen LogP contribution in [0.4, 0.5) is 0 Å². The first kappa shape index (κ1) is 12.2. The van der Waals surface area contributed by atoms with Gasteiger partial charge >= 0.3 is 0 Å². The summed E-state index contributed by atoms with van der Waals surface area (Å²) in [5, 5.41) is 0. The first-order valence-electron chi connectivity index (χ1n) is 4.91. The van der Waals surface area contributed by atoms with Crippen molar-refractivity contribution in [2.24, 2.45) is 0 Å². The summed E-state index contributed by atoms with van der Waals surface area (Å²) >= 11 is 0. The molecule has 0 aromatic heterocycles. The Kier molecular flexibility index (Phi) is 6.78. The lowest BCUT2D eigenvalue weighted by atomic mass is 10.4. The van der Waals surface area contributed by atoms with Crippen LogP contribution >= 0.6 is 7.37 Å². The second-order valence-electron chi connectivity index (χ2n) is 3.04. The van der Waals surface area contributed by atoms with Gasteiger partial charge in [0.15, 0.2) is 0 Å². The van der Waals surface area contributed by atoms with Crippen LogP contribution in [0.3, 0.4) is 0 Å². The quantitative estimate of drug-likeness (QED) is 0.455. The molecule has 0 spiro atoms. The Balaban J connectivity index is 3.72. The average Bonchev–Trinajstić information content (AvgIpc) is 2.06. The van der Waals surface area contributed by atoms with Crippen LogP contribution in [0, 0.1) is 0 Å². The molecule has 1 unspecified atom stereocenters. The zero-order chi connectivity index (χ0) is 9.45. The first-order chi connectivity index (χ1) is 5.68. The monoisotopic (exact) mass is 192 g/mol. The smallest absolute Gasteiger partial charge is 0.202 e. The molecular formula is C9H21O2P. The van der Waals surface area contributed by atoms with Crippen molar-refractivity contribution in [3.05, 3.63) is 0 Å². The molecule has 0 saturated heterocycles. The van der Waals surface area contributed by atoms with E-state index in [-0.39, 0.29) is 0 Å². The largest absolute Gasteiger partial charge is 0.328 e. The molecule has 74 valence electrons. The van der Waals surface area contributed by atoms with Crippen LogP contribution in [-0.2, 0) is 9.09 Å². The van der Waals surface area contributed by atoms with Gasteiger partial charge in [0.05, 0.1) is 6.61 Å². The average molecular weight is 192 g/mol. The van der Waals surface area contributed by atoms with Gasteiger partial charge in [-0.25, -0.2) is 0 Å². The molecule has 0 bridgehead atoms. The van der Waals surface area contributed by atoms with Crippen LogP contribution in [0.1, 0.15) is 40.0 Å². The van der Waals surface area contributed by atoms with Gasteiger partial charge in [0, 0.05) is 12.3 Å². The molecule has 2 nitrogen and oxygen atoms in total. The van der Waals surface area contributed by atoms with Crippen LogP contribution in [0.15, 0.2) is 0 Å². The summed E-state index contributed by atoms with van der Waals surface area (Å²) in [4.78, 5) is 0. The maximum absolute atomic E-state index is 11.8. The lowest BCUT2D eigenvalue weighted by molar-refractivity contribution is 0.306. The molecule has 0 N–H and O–H groups in total. The summed E-state index contributed by atoms with van der Waals surface area (Å²) in [5.41, 5.74) is 0. The van der Waals surface area contributed by atoms with E-state index < -0.39 is 7.37 Å². The van der Waals surface area contributed by atoms with Crippen LogP contribution < -0.4 is 0 Å². The third-order valence-electron chi connectivity index (χ3n) is 1.87. The highest BCUT2D eigenvalue weighted by atomic mass is 31.2. The van der Waals surface area contributed by atoms with E-state index in [1.54, 1.807) is 0 Å². The van der Waals surface area contributed by atoms with Gasteiger partial charge < -0.3 is 4.52 Å².